The van der Waals surface area contributed by atoms with Gasteiger partial charge in [-0.3, -0.25) is 9.78 Å². The van der Waals surface area contributed by atoms with Crippen LogP contribution in [-0.2, 0) is 37.5 Å². The number of allylic oxidation sites excluding steroid dienone is 2. The SMILES string of the molecule is CCC(CC)C(=O)/C=C(\O)C(CC)CC.Cc1sc2c(-c3cc(-c4ccc(CC(C)(C)C)cc4)c(C(F)(F)F)cn3)[c-]c3ccccc3c2c1C.[Ir]. The molecule has 0 aliphatic carbocycles. The van der Waals surface area contributed by atoms with Crippen LogP contribution in [0.2, 0.25) is 0 Å². The van der Waals surface area contributed by atoms with Crippen LogP contribution in [-0.4, -0.2) is 15.9 Å². The Kier molecular flexibility index (Phi) is 15.0. The first-order valence-electron chi connectivity index (χ1n) is 18.0. The van der Waals surface area contributed by atoms with E-state index < -0.39 is 11.7 Å². The van der Waals surface area contributed by atoms with Crippen LogP contribution in [0.4, 0.5) is 13.2 Å². The van der Waals surface area contributed by atoms with Gasteiger partial charge in [-0.15, -0.1) is 17.5 Å². The number of aromatic nitrogens is 1. The van der Waals surface area contributed by atoms with Crippen LogP contribution in [0.3, 0.4) is 0 Å². The van der Waals surface area contributed by atoms with Crippen molar-refractivity contribution in [3.63, 3.8) is 0 Å². The van der Waals surface area contributed by atoms with Crippen molar-refractivity contribution in [2.24, 2.45) is 17.3 Å². The fourth-order valence-corrected chi connectivity index (χ4v) is 7.74. The number of aliphatic hydroxyl groups excluding tert-OH is 1. The van der Waals surface area contributed by atoms with Gasteiger partial charge >= 0.3 is 6.18 Å². The molecule has 0 atom stereocenters. The van der Waals surface area contributed by atoms with Crippen molar-refractivity contribution in [2.75, 3.05) is 0 Å². The molecule has 52 heavy (non-hydrogen) atoms. The van der Waals surface area contributed by atoms with Crippen molar-refractivity contribution in [3.8, 4) is 22.4 Å². The number of halogens is 3. The second-order valence-corrected chi connectivity index (χ2v) is 15.8. The third-order valence-corrected chi connectivity index (χ3v) is 10.8. The summed E-state index contributed by atoms with van der Waals surface area (Å²) in [4.78, 5) is 17.2. The monoisotopic (exact) mass is 907 g/mol. The number of alkyl halides is 3. The van der Waals surface area contributed by atoms with Gasteiger partial charge in [0.15, 0.2) is 5.78 Å². The summed E-state index contributed by atoms with van der Waals surface area (Å²) in [6.45, 7) is 18.7. The average Bonchev–Trinajstić information content (AvgIpc) is 3.38. The number of carbonyl (C=O) groups is 1. The number of ketones is 1. The van der Waals surface area contributed by atoms with Crippen molar-refractivity contribution < 1.29 is 43.2 Å². The fourth-order valence-electron chi connectivity index (χ4n) is 6.56. The smallest absolute Gasteiger partial charge is 0.418 e. The van der Waals surface area contributed by atoms with E-state index in [1.165, 1.54) is 16.5 Å². The Labute approximate surface area is 325 Å². The molecule has 1 radical (unpaired) electrons. The molecule has 0 saturated heterocycles. The van der Waals surface area contributed by atoms with E-state index in [0.29, 0.717) is 11.3 Å². The Morgan fingerprint density at radius 3 is 2.08 bits per heavy atom. The summed E-state index contributed by atoms with van der Waals surface area (Å²) in [5.41, 5.74) is 3.54. The van der Waals surface area contributed by atoms with Crippen LogP contribution in [0, 0.1) is 37.2 Å². The quantitative estimate of drug-likeness (QED) is 0.0863. The summed E-state index contributed by atoms with van der Waals surface area (Å²) < 4.78 is 43.1. The van der Waals surface area contributed by atoms with Crippen molar-refractivity contribution >= 4 is 38.0 Å². The molecule has 3 nitrogen and oxygen atoms in total. The molecule has 2 heterocycles. The Morgan fingerprint density at radius 1 is 0.923 bits per heavy atom. The van der Waals surface area contributed by atoms with Gasteiger partial charge in [-0.2, -0.15) is 24.5 Å². The van der Waals surface area contributed by atoms with Crippen molar-refractivity contribution in [1.29, 1.82) is 0 Å². The number of rotatable bonds is 10. The van der Waals surface area contributed by atoms with Crippen LogP contribution in [0.15, 0.2) is 72.6 Å². The minimum Gasteiger partial charge on any atom is -0.512 e. The second-order valence-electron chi connectivity index (χ2n) is 14.6. The Bertz CT molecular complexity index is 2000. The molecule has 5 rings (SSSR count). The molecule has 0 bridgehead atoms. The van der Waals surface area contributed by atoms with Gasteiger partial charge in [0.05, 0.1) is 11.3 Å². The van der Waals surface area contributed by atoms with Crippen LogP contribution in [0.1, 0.15) is 95.7 Å². The zero-order valence-electron chi connectivity index (χ0n) is 31.7. The van der Waals surface area contributed by atoms with Gasteiger partial charge in [0.1, 0.15) is 0 Å². The van der Waals surface area contributed by atoms with Gasteiger partial charge in [-0.05, 0) is 83.2 Å². The van der Waals surface area contributed by atoms with E-state index in [4.69, 9.17) is 0 Å². The predicted octanol–water partition coefficient (Wildman–Crippen LogP) is 13.7. The number of thiophene rings is 1. The maximum absolute atomic E-state index is 14.0. The van der Waals surface area contributed by atoms with E-state index in [2.05, 4.69) is 51.7 Å². The molecule has 0 spiro atoms. The first-order valence-corrected chi connectivity index (χ1v) is 18.8. The minimum absolute atomic E-state index is 0. The summed E-state index contributed by atoms with van der Waals surface area (Å²) in [5, 5.41) is 12.9. The predicted molar refractivity (Wildman–Crippen MR) is 208 cm³/mol. The maximum atomic E-state index is 14.0. The van der Waals surface area contributed by atoms with Gasteiger partial charge in [0.2, 0.25) is 0 Å². The molecule has 5 aromatic rings. The third kappa shape index (κ3) is 10.2. The molecule has 1 N–H and O–H groups in total. The molecule has 0 saturated carbocycles. The number of pyridine rings is 1. The first kappa shape index (κ1) is 43.1. The molecule has 0 amide bonds. The zero-order chi connectivity index (χ0) is 37.7. The summed E-state index contributed by atoms with van der Waals surface area (Å²) >= 11 is 1.64. The molecule has 0 aliphatic rings. The number of benzene rings is 3. The van der Waals surface area contributed by atoms with Gasteiger partial charge in [0, 0.05) is 49.9 Å². The molecule has 0 unspecified atom stereocenters. The molecule has 3 aromatic carbocycles. The second kappa shape index (κ2) is 18.1. The topological polar surface area (TPSA) is 50.2 Å². The van der Waals surface area contributed by atoms with E-state index in [0.717, 1.165) is 70.3 Å². The molecule has 281 valence electrons. The van der Waals surface area contributed by atoms with E-state index in [1.807, 2.05) is 58.0 Å². The molecule has 0 fully saturated rings. The number of hydrogen-bond donors (Lipinski definition) is 1. The van der Waals surface area contributed by atoms with Crippen LogP contribution >= 0.6 is 11.3 Å². The van der Waals surface area contributed by atoms with Gasteiger partial charge in [-0.25, -0.2) is 0 Å². The van der Waals surface area contributed by atoms with Gasteiger partial charge < -0.3 is 5.11 Å². The first-order chi connectivity index (χ1) is 24.0. The van der Waals surface area contributed by atoms with Crippen molar-refractivity contribution in [3.05, 3.63) is 100 Å². The van der Waals surface area contributed by atoms with Gasteiger partial charge in [-0.1, -0.05) is 113 Å². The normalized spacial score (nSPS) is 12.3. The molecule has 2 aromatic heterocycles. The van der Waals surface area contributed by atoms with Crippen molar-refractivity contribution in [1.82, 2.24) is 4.98 Å². The summed E-state index contributed by atoms with van der Waals surface area (Å²) in [6.07, 6.45) is 2.21. The third-order valence-electron chi connectivity index (χ3n) is 9.62. The number of hydrogen-bond acceptors (Lipinski definition) is 4. The number of aliphatic hydroxyl groups is 1. The van der Waals surface area contributed by atoms with E-state index in [9.17, 15) is 23.1 Å². The number of aryl methyl sites for hydroxylation is 2. The fraction of sp³-hybridized carbons (Fsp3) is 0.409. The molecular formula is C44H51F3IrNO2S-. The number of fused-ring (bicyclic) bond motifs is 3. The molecular weight excluding hydrogens is 856 g/mol. The largest absolute Gasteiger partial charge is 0.512 e. The van der Waals surface area contributed by atoms with E-state index in [-0.39, 0.29) is 54.5 Å². The Morgan fingerprint density at radius 2 is 1.52 bits per heavy atom. The molecule has 8 heteroatoms. The maximum Gasteiger partial charge on any atom is 0.418 e. The Hall–Kier alpha value is -3.32. The minimum atomic E-state index is -4.51. The number of nitrogens with zero attached hydrogens (tertiary/aromatic N) is 1. The van der Waals surface area contributed by atoms with Crippen molar-refractivity contribution in [2.45, 2.75) is 101 Å². The Balaban J connectivity index is 0.000000389. The van der Waals surface area contributed by atoms with Gasteiger partial charge in [0.25, 0.3) is 0 Å². The van der Waals surface area contributed by atoms with Crippen LogP contribution in [0.5, 0.6) is 0 Å². The summed E-state index contributed by atoms with van der Waals surface area (Å²) in [7, 11) is 0. The average molecular weight is 907 g/mol. The van der Waals surface area contributed by atoms with Crippen LogP contribution < -0.4 is 0 Å². The number of carbonyl (C=O) groups excluding carboxylic acids is 1. The summed E-state index contributed by atoms with van der Waals surface area (Å²) in [5.74, 6) is 0.547. The standard InChI is InChI=1S/C31H27F3NS.C13H24O2.Ir/c1-18-19(2)36-29-25(14-22-8-6-7-9-23(22)28(18)29)27-15-24(26(17-35-27)31(32,33)34)21-12-10-20(11-13-21)16-30(3,4)5;1-5-10(6-2)12(14)9-13(15)11(7-3)8-4;/h6-13,15,17H,16H2,1-5H3;9-11,14H,5-8H2,1-4H3;/q-1;;/b;12-9-;. The zero-order valence-corrected chi connectivity index (χ0v) is 34.9. The van der Waals surface area contributed by atoms with E-state index >= 15 is 0 Å². The molecule has 0 aliphatic heterocycles. The van der Waals surface area contributed by atoms with E-state index in [1.54, 1.807) is 29.5 Å². The summed E-state index contributed by atoms with van der Waals surface area (Å²) in [6, 6.07) is 20.5. The van der Waals surface area contributed by atoms with Crippen LogP contribution in [0.25, 0.3) is 43.2 Å².